The molecule has 1 atom stereocenters. The fourth-order valence-corrected chi connectivity index (χ4v) is 1.83. The van der Waals surface area contributed by atoms with E-state index in [1.807, 2.05) is 13.8 Å². The minimum Gasteiger partial charge on any atom is -0.282 e. The number of β-lactam (4-membered cyclic amide) rings is 1. The van der Waals surface area contributed by atoms with Crippen molar-refractivity contribution in [3.05, 3.63) is 0 Å². The summed E-state index contributed by atoms with van der Waals surface area (Å²) in [5, 5.41) is 0. The van der Waals surface area contributed by atoms with Gasteiger partial charge < -0.3 is 0 Å². The molecule has 1 fully saturated rings. The Morgan fingerprint density at radius 2 is 2.13 bits per heavy atom. The number of nitrogens with zero attached hydrogens (tertiary/aromatic N) is 1. The molecule has 0 aliphatic carbocycles. The topological polar surface area (TPSA) is 37.4 Å². The fourth-order valence-electron chi connectivity index (χ4n) is 1.83. The van der Waals surface area contributed by atoms with E-state index in [4.69, 9.17) is 0 Å². The summed E-state index contributed by atoms with van der Waals surface area (Å²) in [6.07, 6.45) is 3.62. The molecule has 0 saturated carbocycles. The lowest BCUT2D eigenvalue weighted by molar-refractivity contribution is -0.160. The first-order chi connectivity index (χ1) is 7.07. The van der Waals surface area contributed by atoms with Gasteiger partial charge in [-0.15, -0.1) is 0 Å². The van der Waals surface area contributed by atoms with Crippen LogP contribution in [0.15, 0.2) is 0 Å². The third-order valence-electron chi connectivity index (χ3n) is 3.06. The zero-order valence-electron chi connectivity index (χ0n) is 9.95. The molecule has 0 spiro atoms. The van der Waals surface area contributed by atoms with Crippen LogP contribution < -0.4 is 0 Å². The maximum Gasteiger partial charge on any atom is 0.234 e. The molecule has 1 heterocycles. The Bertz CT molecular complexity index is 248. The second-order valence-electron chi connectivity index (χ2n) is 4.65. The SMILES string of the molecule is CCCCCC(=O)N1C[C@@H](C(C)C)C1=O. The molecule has 1 aliphatic heterocycles. The lowest BCUT2D eigenvalue weighted by atomic mass is 9.87. The Morgan fingerprint density at radius 3 is 2.60 bits per heavy atom. The second kappa shape index (κ2) is 5.29. The molecule has 1 saturated heterocycles. The first-order valence-electron chi connectivity index (χ1n) is 5.92. The van der Waals surface area contributed by atoms with Crippen molar-refractivity contribution in [2.45, 2.75) is 46.5 Å². The molecule has 0 aromatic rings. The molecule has 3 heteroatoms. The van der Waals surface area contributed by atoms with Crippen LogP contribution in [0.1, 0.15) is 46.5 Å². The Balaban J connectivity index is 2.29. The molecule has 0 unspecified atom stereocenters. The van der Waals surface area contributed by atoms with Crippen LogP contribution >= 0.6 is 0 Å². The fraction of sp³-hybridized carbons (Fsp3) is 0.833. The molecule has 86 valence electrons. The molecule has 0 radical (unpaired) electrons. The van der Waals surface area contributed by atoms with E-state index >= 15 is 0 Å². The quantitative estimate of drug-likeness (QED) is 0.516. The highest BCUT2D eigenvalue weighted by molar-refractivity contribution is 6.00. The van der Waals surface area contributed by atoms with Crippen molar-refractivity contribution in [1.29, 1.82) is 0 Å². The van der Waals surface area contributed by atoms with Crippen LogP contribution in [0, 0.1) is 11.8 Å². The van der Waals surface area contributed by atoms with Crippen molar-refractivity contribution in [2.24, 2.45) is 11.8 Å². The Hall–Kier alpha value is -0.860. The molecule has 0 aromatic heterocycles. The van der Waals surface area contributed by atoms with Crippen LogP contribution in [0.25, 0.3) is 0 Å². The van der Waals surface area contributed by atoms with Gasteiger partial charge >= 0.3 is 0 Å². The number of rotatable bonds is 5. The standard InChI is InChI=1S/C12H21NO2/c1-4-5-6-7-11(14)13-8-10(9(2)3)12(13)15/h9-10H,4-8H2,1-3H3/t10-/m0/s1. The van der Waals surface area contributed by atoms with Crippen LogP contribution in [0.4, 0.5) is 0 Å². The average molecular weight is 211 g/mol. The number of hydrogen-bond acceptors (Lipinski definition) is 2. The number of hydrogen-bond donors (Lipinski definition) is 0. The minimum atomic E-state index is 0.0188. The van der Waals surface area contributed by atoms with Gasteiger partial charge in [-0.2, -0.15) is 0 Å². The van der Waals surface area contributed by atoms with Crippen molar-refractivity contribution in [1.82, 2.24) is 4.90 Å². The van der Waals surface area contributed by atoms with Gasteiger partial charge in [-0.1, -0.05) is 33.6 Å². The van der Waals surface area contributed by atoms with E-state index in [2.05, 4.69) is 6.92 Å². The van der Waals surface area contributed by atoms with E-state index in [0.717, 1.165) is 19.3 Å². The van der Waals surface area contributed by atoms with Gasteiger partial charge in [-0.25, -0.2) is 0 Å². The van der Waals surface area contributed by atoms with Crippen LogP contribution in [-0.2, 0) is 9.59 Å². The molecule has 3 nitrogen and oxygen atoms in total. The van der Waals surface area contributed by atoms with Gasteiger partial charge in [0, 0.05) is 13.0 Å². The van der Waals surface area contributed by atoms with Crippen LogP contribution in [0.3, 0.4) is 0 Å². The summed E-state index contributed by atoms with van der Waals surface area (Å²) >= 11 is 0. The van der Waals surface area contributed by atoms with Crippen molar-refractivity contribution in [3.63, 3.8) is 0 Å². The van der Waals surface area contributed by atoms with E-state index in [0.29, 0.717) is 18.9 Å². The first-order valence-corrected chi connectivity index (χ1v) is 5.92. The Morgan fingerprint density at radius 1 is 1.47 bits per heavy atom. The molecule has 15 heavy (non-hydrogen) atoms. The third-order valence-corrected chi connectivity index (χ3v) is 3.06. The lowest BCUT2D eigenvalue weighted by Gasteiger charge is -2.39. The average Bonchev–Trinajstić information content (AvgIpc) is 2.15. The summed E-state index contributed by atoms with van der Waals surface area (Å²) in [5.41, 5.74) is 0. The summed E-state index contributed by atoms with van der Waals surface area (Å²) in [6.45, 7) is 6.80. The molecule has 0 aromatic carbocycles. The Kier molecular flexibility index (Phi) is 4.30. The minimum absolute atomic E-state index is 0.0188. The molecular weight excluding hydrogens is 190 g/mol. The monoisotopic (exact) mass is 211 g/mol. The zero-order valence-corrected chi connectivity index (χ0v) is 9.95. The van der Waals surface area contributed by atoms with Crippen molar-refractivity contribution in [3.8, 4) is 0 Å². The third kappa shape index (κ3) is 2.80. The largest absolute Gasteiger partial charge is 0.282 e. The molecule has 0 bridgehead atoms. The summed E-state index contributed by atoms with van der Waals surface area (Å²) < 4.78 is 0. The van der Waals surface area contributed by atoms with Gasteiger partial charge in [0.05, 0.1) is 5.92 Å². The van der Waals surface area contributed by atoms with Gasteiger partial charge in [-0.05, 0) is 12.3 Å². The zero-order chi connectivity index (χ0) is 11.4. The molecule has 2 amide bonds. The summed E-state index contributed by atoms with van der Waals surface area (Å²) in [5.74, 6) is 0.495. The Labute approximate surface area is 91.8 Å². The van der Waals surface area contributed by atoms with Crippen LogP contribution in [0.5, 0.6) is 0 Å². The first kappa shape index (κ1) is 12.2. The predicted octanol–water partition coefficient (Wildman–Crippen LogP) is 2.21. The highest BCUT2D eigenvalue weighted by Gasteiger charge is 2.41. The van der Waals surface area contributed by atoms with Gasteiger partial charge in [-0.3, -0.25) is 14.5 Å². The van der Waals surface area contributed by atoms with Crippen LogP contribution in [-0.4, -0.2) is 23.3 Å². The van der Waals surface area contributed by atoms with Gasteiger partial charge in [0.15, 0.2) is 0 Å². The summed E-state index contributed by atoms with van der Waals surface area (Å²) in [7, 11) is 0. The van der Waals surface area contributed by atoms with Gasteiger partial charge in [0.2, 0.25) is 11.8 Å². The second-order valence-corrected chi connectivity index (χ2v) is 4.65. The van der Waals surface area contributed by atoms with Crippen LogP contribution in [0.2, 0.25) is 0 Å². The van der Waals surface area contributed by atoms with Gasteiger partial charge in [0.1, 0.15) is 0 Å². The molecule has 0 N–H and O–H groups in total. The normalized spacial score (nSPS) is 20.7. The highest BCUT2D eigenvalue weighted by Crippen LogP contribution is 2.25. The van der Waals surface area contributed by atoms with E-state index in [1.54, 1.807) is 0 Å². The number of unbranched alkanes of at least 4 members (excludes halogenated alkanes) is 2. The van der Waals surface area contributed by atoms with E-state index in [9.17, 15) is 9.59 Å². The van der Waals surface area contributed by atoms with Crippen molar-refractivity contribution < 1.29 is 9.59 Å². The highest BCUT2D eigenvalue weighted by atomic mass is 16.2. The maximum absolute atomic E-state index is 11.6. The molecular formula is C12H21NO2. The number of imide groups is 1. The van der Waals surface area contributed by atoms with E-state index in [1.165, 1.54) is 4.90 Å². The molecule has 1 rings (SSSR count). The van der Waals surface area contributed by atoms with E-state index in [-0.39, 0.29) is 17.7 Å². The summed E-state index contributed by atoms with van der Waals surface area (Å²) in [4.78, 5) is 24.6. The smallest absolute Gasteiger partial charge is 0.234 e. The number of carbonyl (C=O) groups is 2. The van der Waals surface area contributed by atoms with E-state index < -0.39 is 0 Å². The lowest BCUT2D eigenvalue weighted by Crippen LogP contribution is -2.56. The van der Waals surface area contributed by atoms with Gasteiger partial charge in [0.25, 0.3) is 0 Å². The van der Waals surface area contributed by atoms with Crippen molar-refractivity contribution >= 4 is 11.8 Å². The van der Waals surface area contributed by atoms with Crippen molar-refractivity contribution in [2.75, 3.05) is 6.54 Å². The number of carbonyl (C=O) groups excluding carboxylic acids is 2. The number of amides is 2. The number of likely N-dealkylation sites (tertiary alicyclic amines) is 1. The molecule has 1 aliphatic rings. The maximum atomic E-state index is 11.6. The predicted molar refractivity (Wildman–Crippen MR) is 59.2 cm³/mol. The summed E-state index contributed by atoms with van der Waals surface area (Å²) in [6, 6.07) is 0.